The molecule has 0 spiro atoms. The maximum absolute atomic E-state index is 13.7. The van der Waals surface area contributed by atoms with Crippen molar-refractivity contribution in [3.05, 3.63) is 41.2 Å². The Balaban J connectivity index is 1.63. The smallest absolute Gasteiger partial charge is 0.354 e. The van der Waals surface area contributed by atoms with Crippen LogP contribution in [0.1, 0.15) is 32.5 Å². The number of fused-ring (bicyclic) bond motifs is 4. The average molecular weight is 495 g/mol. The van der Waals surface area contributed by atoms with Crippen LogP contribution in [0.4, 0.5) is 5.69 Å². The number of carbonyl (C=O) groups excluding carboxylic acids is 2. The van der Waals surface area contributed by atoms with E-state index in [1.54, 1.807) is 18.2 Å². The van der Waals surface area contributed by atoms with Gasteiger partial charge in [-0.05, 0) is 23.8 Å². The fraction of sp³-hybridized carbons (Fsp3) is 0.280. The summed E-state index contributed by atoms with van der Waals surface area (Å²) < 4.78 is 21.1. The molecule has 0 aliphatic carbocycles. The van der Waals surface area contributed by atoms with Crippen molar-refractivity contribution in [2.75, 3.05) is 46.5 Å². The topological polar surface area (TPSA) is 146 Å². The van der Waals surface area contributed by atoms with Crippen LogP contribution in [0, 0.1) is 0 Å². The van der Waals surface area contributed by atoms with E-state index in [2.05, 4.69) is 9.97 Å². The molecule has 0 radical (unpaired) electrons. The number of aromatic hydroxyl groups is 1. The molecule has 0 bridgehead atoms. The highest BCUT2D eigenvalue weighted by Gasteiger charge is 2.36. The van der Waals surface area contributed by atoms with Gasteiger partial charge in [0.15, 0.2) is 11.5 Å². The van der Waals surface area contributed by atoms with Gasteiger partial charge in [0.1, 0.15) is 17.1 Å². The molecule has 0 saturated heterocycles. The number of benzene rings is 2. The number of phenols is 1. The molecule has 0 fully saturated rings. The number of nitrogens with zero attached hydrogens (tertiary/aromatic N) is 1. The van der Waals surface area contributed by atoms with Gasteiger partial charge in [0.25, 0.3) is 5.91 Å². The number of anilines is 1. The Morgan fingerprint density at radius 2 is 1.69 bits per heavy atom. The maximum Gasteiger partial charge on any atom is 0.354 e. The number of aliphatic hydroxyl groups excluding tert-OH is 1. The van der Waals surface area contributed by atoms with Gasteiger partial charge in [-0.15, -0.1) is 0 Å². The van der Waals surface area contributed by atoms with Gasteiger partial charge in [-0.25, -0.2) is 4.79 Å². The fourth-order valence-corrected chi connectivity index (χ4v) is 4.91. The predicted molar refractivity (Wildman–Crippen MR) is 131 cm³/mol. The third-order valence-electron chi connectivity index (χ3n) is 6.54. The van der Waals surface area contributed by atoms with Crippen LogP contribution in [0.25, 0.3) is 21.8 Å². The monoisotopic (exact) mass is 495 g/mol. The van der Waals surface area contributed by atoms with E-state index in [9.17, 15) is 19.8 Å². The summed E-state index contributed by atoms with van der Waals surface area (Å²) in [5.74, 6) is -0.289. The van der Waals surface area contributed by atoms with Crippen LogP contribution in [-0.4, -0.2) is 73.6 Å². The van der Waals surface area contributed by atoms with Crippen LogP contribution in [0.3, 0.4) is 0 Å². The second-order valence-corrected chi connectivity index (χ2v) is 8.38. The van der Waals surface area contributed by atoms with Crippen molar-refractivity contribution >= 4 is 39.4 Å². The van der Waals surface area contributed by atoms with Crippen LogP contribution >= 0.6 is 0 Å². The predicted octanol–water partition coefficient (Wildman–Crippen LogP) is 2.90. The summed E-state index contributed by atoms with van der Waals surface area (Å²) >= 11 is 0. The van der Waals surface area contributed by atoms with Crippen molar-refractivity contribution in [1.29, 1.82) is 0 Å². The summed E-state index contributed by atoms with van der Waals surface area (Å²) in [4.78, 5) is 33.2. The van der Waals surface area contributed by atoms with Crippen molar-refractivity contribution in [1.82, 2.24) is 9.97 Å². The molecule has 5 rings (SSSR count). The largest absolute Gasteiger partial charge is 0.506 e. The zero-order valence-electron chi connectivity index (χ0n) is 20.1. The summed E-state index contributed by atoms with van der Waals surface area (Å²) in [6.07, 6.45) is 0. The first-order valence-corrected chi connectivity index (χ1v) is 11.1. The minimum absolute atomic E-state index is 0.136. The number of hydrogen-bond donors (Lipinski definition) is 4. The molecule has 11 nitrogen and oxygen atoms in total. The number of H-pyrrole nitrogens is 2. The normalized spacial score (nSPS) is 14.8. The first-order chi connectivity index (χ1) is 17.4. The molecule has 2 aromatic heterocycles. The number of ether oxygens (including phenoxy) is 4. The highest BCUT2D eigenvalue weighted by molar-refractivity contribution is 6.12. The molecule has 3 heterocycles. The number of methoxy groups -OCH3 is 4. The van der Waals surface area contributed by atoms with Gasteiger partial charge in [-0.2, -0.15) is 0 Å². The Morgan fingerprint density at radius 3 is 2.33 bits per heavy atom. The van der Waals surface area contributed by atoms with Gasteiger partial charge < -0.3 is 44.0 Å². The molecule has 2 aromatic carbocycles. The molecular weight excluding hydrogens is 470 g/mol. The van der Waals surface area contributed by atoms with Gasteiger partial charge in [0.05, 0.1) is 51.8 Å². The van der Waals surface area contributed by atoms with Crippen LogP contribution in [0.2, 0.25) is 0 Å². The summed E-state index contributed by atoms with van der Waals surface area (Å²) in [5, 5.41) is 22.0. The van der Waals surface area contributed by atoms with E-state index in [1.165, 1.54) is 39.4 Å². The summed E-state index contributed by atoms with van der Waals surface area (Å²) in [6.45, 7) is -0.0502. The number of carbonyl (C=O) groups is 2. The number of aromatic nitrogens is 2. The van der Waals surface area contributed by atoms with E-state index in [4.69, 9.17) is 18.9 Å². The molecule has 1 aliphatic heterocycles. The van der Waals surface area contributed by atoms with Crippen LogP contribution in [0.5, 0.6) is 23.0 Å². The Kier molecular flexibility index (Phi) is 5.64. The number of aliphatic hydroxyl groups is 1. The van der Waals surface area contributed by atoms with Crippen molar-refractivity contribution in [2.45, 2.75) is 5.92 Å². The lowest BCUT2D eigenvalue weighted by atomic mass is 9.98. The highest BCUT2D eigenvalue weighted by atomic mass is 16.5. The van der Waals surface area contributed by atoms with Gasteiger partial charge in [0.2, 0.25) is 5.75 Å². The zero-order chi connectivity index (χ0) is 25.7. The van der Waals surface area contributed by atoms with Crippen molar-refractivity contribution < 1.29 is 38.7 Å². The van der Waals surface area contributed by atoms with E-state index in [1.807, 2.05) is 0 Å². The molecule has 1 atom stereocenters. The quantitative estimate of drug-likeness (QED) is 0.299. The Bertz CT molecular complexity index is 1520. The van der Waals surface area contributed by atoms with Gasteiger partial charge in [0, 0.05) is 29.3 Å². The van der Waals surface area contributed by atoms with Crippen molar-refractivity contribution in [3.8, 4) is 23.0 Å². The van der Waals surface area contributed by atoms with Gasteiger partial charge in [-0.3, -0.25) is 4.79 Å². The molecule has 0 saturated carbocycles. The lowest BCUT2D eigenvalue weighted by Gasteiger charge is -2.17. The number of phenolic OH excluding ortho intramolecular Hbond substituents is 1. The third kappa shape index (κ3) is 3.31. The average Bonchev–Trinajstić information content (AvgIpc) is 3.61. The lowest BCUT2D eigenvalue weighted by Crippen LogP contribution is -2.30. The van der Waals surface area contributed by atoms with Crippen molar-refractivity contribution in [2.24, 2.45) is 0 Å². The minimum Gasteiger partial charge on any atom is -0.506 e. The first-order valence-electron chi connectivity index (χ1n) is 11.1. The number of rotatable bonds is 6. The molecule has 1 aliphatic rings. The van der Waals surface area contributed by atoms with Gasteiger partial charge >= 0.3 is 5.97 Å². The van der Waals surface area contributed by atoms with E-state index in [0.717, 1.165) is 0 Å². The Labute approximate surface area is 205 Å². The molecule has 0 unspecified atom stereocenters. The number of nitrogens with one attached hydrogen (secondary N) is 2. The standard InChI is InChI=1S/C25H25N3O8/c1-33-18-6-11-5-14(26-20(11)23(35-3)22(18)34-2)24(31)28-9-12(10-29)19-13-7-15(25(32)36-4)27-21(13)17(30)8-16(19)28/h5-8,12,26-27,29-30H,9-10H2,1-4H3/t12-/m0/s1. The summed E-state index contributed by atoms with van der Waals surface area (Å²) in [6, 6.07) is 6.43. The Hall–Kier alpha value is -4.38. The Morgan fingerprint density at radius 1 is 0.972 bits per heavy atom. The molecule has 1 amide bonds. The first kappa shape index (κ1) is 23.4. The minimum atomic E-state index is -0.594. The maximum atomic E-state index is 13.7. The fourth-order valence-electron chi connectivity index (χ4n) is 4.91. The zero-order valence-corrected chi connectivity index (χ0v) is 20.1. The molecule has 4 aromatic rings. The molecule has 4 N–H and O–H groups in total. The number of amides is 1. The van der Waals surface area contributed by atoms with E-state index >= 15 is 0 Å². The molecule has 36 heavy (non-hydrogen) atoms. The SMILES string of the molecule is COC(=O)c1cc2c3c(cc(O)c2[nH]1)N(C(=O)c1cc2cc(OC)c(OC)c(OC)c2[nH]1)C[C@H]3CO. The third-order valence-corrected chi connectivity index (χ3v) is 6.54. The number of hydrogen-bond acceptors (Lipinski definition) is 8. The highest BCUT2D eigenvalue weighted by Crippen LogP contribution is 2.46. The molecule has 188 valence electrons. The summed E-state index contributed by atoms with van der Waals surface area (Å²) in [7, 11) is 5.76. The second-order valence-electron chi connectivity index (χ2n) is 8.38. The molecular formula is C25H25N3O8. The second kappa shape index (κ2) is 8.68. The van der Waals surface area contributed by atoms with E-state index in [0.29, 0.717) is 50.3 Å². The number of aromatic amines is 2. The van der Waals surface area contributed by atoms with Crippen LogP contribution in [-0.2, 0) is 4.74 Å². The lowest BCUT2D eigenvalue weighted by molar-refractivity contribution is 0.0595. The van der Waals surface area contributed by atoms with E-state index < -0.39 is 11.9 Å². The van der Waals surface area contributed by atoms with Crippen molar-refractivity contribution in [3.63, 3.8) is 0 Å². The van der Waals surface area contributed by atoms with Crippen LogP contribution in [0.15, 0.2) is 24.3 Å². The molecule has 11 heteroatoms. The number of esters is 1. The summed E-state index contributed by atoms with van der Waals surface area (Å²) in [5.41, 5.74) is 2.41. The van der Waals surface area contributed by atoms with Crippen LogP contribution < -0.4 is 19.1 Å². The van der Waals surface area contributed by atoms with E-state index in [-0.39, 0.29) is 36.2 Å². The van der Waals surface area contributed by atoms with Gasteiger partial charge in [-0.1, -0.05) is 0 Å².